The number of benzene rings is 1. The number of aliphatic hydroxyl groups excluding tert-OH is 1. The number of amides is 1. The molecule has 0 aliphatic heterocycles. The number of nitrogens with two attached hydrogens (primary N) is 1. The summed E-state index contributed by atoms with van der Waals surface area (Å²) in [6, 6.07) is 6.75. The van der Waals surface area contributed by atoms with Gasteiger partial charge in [-0.1, -0.05) is 6.07 Å². The third kappa shape index (κ3) is 4.84. The van der Waals surface area contributed by atoms with Crippen LogP contribution in [0.4, 0.5) is 5.69 Å². The SMILES string of the molecule is COCC(O)CCNC(=O)c1cccc(N)c1. The van der Waals surface area contributed by atoms with Gasteiger partial charge >= 0.3 is 0 Å². The Balaban J connectivity index is 2.35. The van der Waals surface area contributed by atoms with Gasteiger partial charge < -0.3 is 20.9 Å². The summed E-state index contributed by atoms with van der Waals surface area (Å²) in [6.07, 6.45) is -0.0943. The first kappa shape index (κ1) is 13.5. The Kier molecular flexibility index (Phi) is 5.45. The molecule has 94 valence electrons. The molecule has 0 saturated carbocycles. The Morgan fingerprint density at radius 3 is 3.00 bits per heavy atom. The minimum Gasteiger partial charge on any atom is -0.399 e. The molecule has 1 aromatic rings. The molecule has 0 bridgehead atoms. The number of ether oxygens (including phenoxy) is 1. The van der Waals surface area contributed by atoms with Crippen molar-refractivity contribution in [3.05, 3.63) is 29.8 Å². The van der Waals surface area contributed by atoms with Crippen molar-refractivity contribution in [2.24, 2.45) is 0 Å². The highest BCUT2D eigenvalue weighted by Gasteiger charge is 2.07. The van der Waals surface area contributed by atoms with Crippen molar-refractivity contribution >= 4 is 11.6 Å². The van der Waals surface area contributed by atoms with E-state index in [2.05, 4.69) is 5.32 Å². The van der Waals surface area contributed by atoms with Gasteiger partial charge in [-0.15, -0.1) is 0 Å². The van der Waals surface area contributed by atoms with Crippen LogP contribution in [0, 0.1) is 0 Å². The molecule has 0 aliphatic rings. The largest absolute Gasteiger partial charge is 0.399 e. The van der Waals surface area contributed by atoms with E-state index < -0.39 is 6.10 Å². The van der Waals surface area contributed by atoms with Crippen molar-refractivity contribution < 1.29 is 14.6 Å². The standard InChI is InChI=1S/C12H18N2O3/c1-17-8-11(15)5-6-14-12(16)9-3-2-4-10(13)7-9/h2-4,7,11,15H,5-6,8,13H2,1H3,(H,14,16). The maximum atomic E-state index is 11.7. The normalized spacial score (nSPS) is 12.1. The molecule has 0 fully saturated rings. The van der Waals surface area contributed by atoms with Crippen molar-refractivity contribution in [3.63, 3.8) is 0 Å². The van der Waals surface area contributed by atoms with Gasteiger partial charge in [-0.05, 0) is 24.6 Å². The second kappa shape index (κ2) is 6.88. The highest BCUT2D eigenvalue weighted by molar-refractivity contribution is 5.94. The number of anilines is 1. The molecule has 17 heavy (non-hydrogen) atoms. The van der Waals surface area contributed by atoms with Gasteiger partial charge in [0.15, 0.2) is 0 Å². The Labute approximate surface area is 101 Å². The van der Waals surface area contributed by atoms with Gasteiger partial charge in [0.1, 0.15) is 0 Å². The number of rotatable bonds is 6. The molecule has 1 aromatic carbocycles. The molecule has 5 nitrogen and oxygen atoms in total. The predicted octanol–water partition coefficient (Wildman–Crippen LogP) is 0.396. The maximum absolute atomic E-state index is 11.7. The second-order valence-electron chi connectivity index (χ2n) is 3.78. The zero-order chi connectivity index (χ0) is 12.7. The third-order valence-corrected chi connectivity index (χ3v) is 2.27. The first-order chi connectivity index (χ1) is 8.13. The van der Waals surface area contributed by atoms with Crippen LogP contribution < -0.4 is 11.1 Å². The molecular formula is C12H18N2O3. The summed E-state index contributed by atoms with van der Waals surface area (Å²) < 4.78 is 4.78. The number of hydrogen-bond acceptors (Lipinski definition) is 4. The van der Waals surface area contributed by atoms with Crippen LogP contribution in [-0.4, -0.2) is 37.4 Å². The van der Waals surface area contributed by atoms with E-state index in [1.807, 2.05) is 0 Å². The lowest BCUT2D eigenvalue weighted by molar-refractivity contribution is 0.0587. The Bertz CT molecular complexity index is 369. The molecule has 1 amide bonds. The van der Waals surface area contributed by atoms with Gasteiger partial charge in [-0.2, -0.15) is 0 Å². The fraction of sp³-hybridized carbons (Fsp3) is 0.417. The molecule has 0 radical (unpaired) electrons. The van der Waals surface area contributed by atoms with E-state index in [1.54, 1.807) is 24.3 Å². The van der Waals surface area contributed by atoms with Gasteiger partial charge in [-0.25, -0.2) is 0 Å². The monoisotopic (exact) mass is 238 g/mol. The molecule has 1 rings (SSSR count). The van der Waals surface area contributed by atoms with Gasteiger partial charge in [0.05, 0.1) is 12.7 Å². The van der Waals surface area contributed by atoms with Crippen molar-refractivity contribution in [2.45, 2.75) is 12.5 Å². The summed E-state index contributed by atoms with van der Waals surface area (Å²) in [7, 11) is 1.52. The van der Waals surface area contributed by atoms with Crippen molar-refractivity contribution in [2.75, 3.05) is 26.0 Å². The number of nitrogens with one attached hydrogen (secondary N) is 1. The van der Waals surface area contributed by atoms with E-state index in [0.717, 1.165) is 0 Å². The maximum Gasteiger partial charge on any atom is 0.251 e. The van der Waals surface area contributed by atoms with Crippen LogP contribution in [0.25, 0.3) is 0 Å². The summed E-state index contributed by atoms with van der Waals surface area (Å²) in [4.78, 5) is 11.7. The quantitative estimate of drug-likeness (QED) is 0.626. The highest BCUT2D eigenvalue weighted by atomic mass is 16.5. The molecule has 0 heterocycles. The van der Waals surface area contributed by atoms with E-state index in [4.69, 9.17) is 10.5 Å². The van der Waals surface area contributed by atoms with Crippen molar-refractivity contribution in [1.82, 2.24) is 5.32 Å². The lowest BCUT2D eigenvalue weighted by Gasteiger charge is -2.10. The fourth-order valence-corrected chi connectivity index (χ4v) is 1.41. The summed E-state index contributed by atoms with van der Waals surface area (Å²) in [5, 5.41) is 12.1. The zero-order valence-corrected chi connectivity index (χ0v) is 9.85. The number of hydrogen-bond donors (Lipinski definition) is 3. The summed E-state index contributed by atoms with van der Waals surface area (Å²) in [6.45, 7) is 0.673. The number of carbonyl (C=O) groups is 1. The molecule has 0 spiro atoms. The van der Waals surface area contributed by atoms with Crippen LogP contribution in [0.1, 0.15) is 16.8 Å². The number of nitrogen functional groups attached to an aromatic ring is 1. The van der Waals surface area contributed by atoms with E-state index in [9.17, 15) is 9.90 Å². The summed E-state index contributed by atoms with van der Waals surface area (Å²) in [5.74, 6) is -0.193. The van der Waals surface area contributed by atoms with Crippen LogP contribution in [0.3, 0.4) is 0 Å². The molecule has 1 atom stereocenters. The zero-order valence-electron chi connectivity index (χ0n) is 9.85. The molecule has 1 unspecified atom stereocenters. The van der Waals surface area contributed by atoms with Gasteiger partial charge in [0, 0.05) is 24.9 Å². The Hall–Kier alpha value is -1.59. The summed E-state index contributed by atoms with van der Waals surface area (Å²) >= 11 is 0. The smallest absolute Gasteiger partial charge is 0.251 e. The Morgan fingerprint density at radius 2 is 2.35 bits per heavy atom. The van der Waals surface area contributed by atoms with Crippen LogP contribution in [-0.2, 0) is 4.74 Å². The van der Waals surface area contributed by atoms with Crippen LogP contribution in [0.15, 0.2) is 24.3 Å². The minimum atomic E-state index is -0.554. The lowest BCUT2D eigenvalue weighted by atomic mass is 10.2. The first-order valence-corrected chi connectivity index (χ1v) is 5.44. The van der Waals surface area contributed by atoms with Crippen LogP contribution in [0.2, 0.25) is 0 Å². The predicted molar refractivity (Wildman–Crippen MR) is 65.7 cm³/mol. The van der Waals surface area contributed by atoms with E-state index in [1.165, 1.54) is 7.11 Å². The van der Waals surface area contributed by atoms with Gasteiger partial charge in [0.2, 0.25) is 0 Å². The first-order valence-electron chi connectivity index (χ1n) is 5.44. The summed E-state index contributed by atoms with van der Waals surface area (Å²) in [5.41, 5.74) is 6.65. The number of aliphatic hydroxyl groups is 1. The molecule has 0 saturated heterocycles. The average Bonchev–Trinajstić information content (AvgIpc) is 2.29. The van der Waals surface area contributed by atoms with Crippen LogP contribution >= 0.6 is 0 Å². The molecule has 0 aromatic heterocycles. The highest BCUT2D eigenvalue weighted by Crippen LogP contribution is 2.06. The van der Waals surface area contributed by atoms with E-state index >= 15 is 0 Å². The van der Waals surface area contributed by atoms with E-state index in [-0.39, 0.29) is 12.5 Å². The van der Waals surface area contributed by atoms with Gasteiger partial charge in [0.25, 0.3) is 5.91 Å². The topological polar surface area (TPSA) is 84.6 Å². The van der Waals surface area contributed by atoms with Crippen LogP contribution in [0.5, 0.6) is 0 Å². The fourth-order valence-electron chi connectivity index (χ4n) is 1.41. The second-order valence-corrected chi connectivity index (χ2v) is 3.78. The lowest BCUT2D eigenvalue weighted by Crippen LogP contribution is -2.28. The Morgan fingerprint density at radius 1 is 1.59 bits per heavy atom. The molecule has 4 N–H and O–H groups in total. The molecular weight excluding hydrogens is 220 g/mol. The molecule has 0 aliphatic carbocycles. The number of carbonyl (C=O) groups excluding carboxylic acids is 1. The van der Waals surface area contributed by atoms with Crippen molar-refractivity contribution in [1.29, 1.82) is 0 Å². The van der Waals surface area contributed by atoms with E-state index in [0.29, 0.717) is 24.2 Å². The average molecular weight is 238 g/mol. The third-order valence-electron chi connectivity index (χ3n) is 2.27. The minimum absolute atomic E-state index is 0.193. The van der Waals surface area contributed by atoms with Crippen molar-refractivity contribution in [3.8, 4) is 0 Å². The van der Waals surface area contributed by atoms with Gasteiger partial charge in [-0.3, -0.25) is 4.79 Å². The number of methoxy groups -OCH3 is 1. The molecule has 5 heteroatoms.